The van der Waals surface area contributed by atoms with Crippen LogP contribution in [0.2, 0.25) is 0 Å². The summed E-state index contributed by atoms with van der Waals surface area (Å²) < 4.78 is 1.90. The van der Waals surface area contributed by atoms with E-state index in [1.165, 1.54) is 4.90 Å². The van der Waals surface area contributed by atoms with Crippen LogP contribution in [0, 0.1) is 0 Å². The third kappa shape index (κ3) is 4.08. The molecule has 3 rings (SSSR count). The molecule has 0 atom stereocenters. The van der Waals surface area contributed by atoms with Gasteiger partial charge in [-0.05, 0) is 12.1 Å². The summed E-state index contributed by atoms with van der Waals surface area (Å²) in [5.41, 5.74) is 1.27. The second-order valence-electron chi connectivity index (χ2n) is 6.10. The first-order valence-corrected chi connectivity index (χ1v) is 8.47. The lowest BCUT2D eigenvalue weighted by Gasteiger charge is -2.29. The Morgan fingerprint density at radius 3 is 2.85 bits per heavy atom. The van der Waals surface area contributed by atoms with Crippen molar-refractivity contribution in [2.75, 3.05) is 23.3 Å². The predicted molar refractivity (Wildman–Crippen MR) is 96.6 cm³/mol. The van der Waals surface area contributed by atoms with Crippen molar-refractivity contribution in [3.8, 4) is 0 Å². The lowest BCUT2D eigenvalue weighted by molar-refractivity contribution is -0.125. The smallest absolute Gasteiger partial charge is 0.244 e. The van der Waals surface area contributed by atoms with Gasteiger partial charge in [0, 0.05) is 45.2 Å². The number of para-hydroxylation sites is 2. The number of benzene rings is 1. The number of nitrogens with zero attached hydrogens (tertiary/aromatic N) is 3. The van der Waals surface area contributed by atoms with E-state index < -0.39 is 0 Å². The fraction of sp³-hybridized carbons (Fsp3) is 0.333. The summed E-state index contributed by atoms with van der Waals surface area (Å²) in [5, 5.41) is 5.53. The highest BCUT2D eigenvalue weighted by molar-refractivity contribution is 6.10. The first-order chi connectivity index (χ1) is 12.5. The van der Waals surface area contributed by atoms with Crippen LogP contribution in [0.4, 0.5) is 11.4 Å². The summed E-state index contributed by atoms with van der Waals surface area (Å²) in [4.78, 5) is 41.8. The van der Waals surface area contributed by atoms with Crippen LogP contribution in [0.3, 0.4) is 0 Å². The van der Waals surface area contributed by atoms with Crippen LogP contribution in [0.25, 0.3) is 0 Å². The number of anilines is 2. The number of carbonyl (C=O) groups is 3. The highest BCUT2D eigenvalue weighted by Gasteiger charge is 2.26. The van der Waals surface area contributed by atoms with E-state index in [0.29, 0.717) is 24.3 Å². The van der Waals surface area contributed by atoms with Crippen LogP contribution < -0.4 is 15.5 Å². The molecule has 2 heterocycles. The number of rotatable bonds is 6. The van der Waals surface area contributed by atoms with Gasteiger partial charge in [-0.15, -0.1) is 0 Å². The van der Waals surface area contributed by atoms with Gasteiger partial charge in [-0.25, -0.2) is 4.98 Å². The molecule has 2 N–H and O–H groups in total. The molecule has 3 amide bonds. The Morgan fingerprint density at radius 2 is 2.08 bits per heavy atom. The molecular weight excluding hydrogens is 334 g/mol. The van der Waals surface area contributed by atoms with Gasteiger partial charge in [0.1, 0.15) is 12.4 Å². The summed E-state index contributed by atoms with van der Waals surface area (Å²) in [6.45, 7) is 0.434. The third-order valence-corrected chi connectivity index (χ3v) is 4.23. The zero-order chi connectivity index (χ0) is 18.5. The standard InChI is InChI=1S/C18H21N5O3/c1-22-11-10-19-15(22)8-9-20-16(24)6-7-18(26)23-12-17(25)21-13-4-2-3-5-14(13)23/h2-5,10-11H,6-9,12H2,1H3,(H,20,24)(H,21,25). The minimum absolute atomic E-state index is 0.0311. The molecule has 1 aliphatic heterocycles. The molecule has 8 heteroatoms. The summed E-state index contributed by atoms with van der Waals surface area (Å²) in [5.74, 6) is 0.211. The Bertz CT molecular complexity index is 830. The molecule has 1 aliphatic rings. The molecule has 1 aromatic heterocycles. The molecule has 8 nitrogen and oxygen atoms in total. The van der Waals surface area contributed by atoms with E-state index in [1.807, 2.05) is 17.8 Å². The molecule has 0 spiro atoms. The van der Waals surface area contributed by atoms with Crippen LogP contribution in [0.15, 0.2) is 36.7 Å². The zero-order valence-corrected chi connectivity index (χ0v) is 14.6. The van der Waals surface area contributed by atoms with E-state index >= 15 is 0 Å². The largest absolute Gasteiger partial charge is 0.356 e. The number of hydrogen-bond donors (Lipinski definition) is 2. The molecule has 0 unspecified atom stereocenters. The minimum atomic E-state index is -0.244. The van der Waals surface area contributed by atoms with Crippen molar-refractivity contribution in [3.05, 3.63) is 42.5 Å². The molecule has 0 radical (unpaired) electrons. The molecule has 2 aromatic rings. The van der Waals surface area contributed by atoms with Crippen LogP contribution in [-0.2, 0) is 27.9 Å². The van der Waals surface area contributed by atoms with Crippen molar-refractivity contribution in [1.82, 2.24) is 14.9 Å². The number of aryl methyl sites for hydroxylation is 1. The number of amides is 3. The summed E-state index contributed by atoms with van der Waals surface area (Å²) >= 11 is 0. The molecule has 136 valence electrons. The fourth-order valence-corrected chi connectivity index (χ4v) is 2.85. The molecular formula is C18H21N5O3. The van der Waals surface area contributed by atoms with Gasteiger partial charge in [-0.3, -0.25) is 14.4 Å². The minimum Gasteiger partial charge on any atom is -0.356 e. The van der Waals surface area contributed by atoms with Gasteiger partial charge in [0.05, 0.1) is 11.4 Å². The number of carbonyl (C=O) groups excluding carboxylic acids is 3. The maximum Gasteiger partial charge on any atom is 0.244 e. The number of nitrogens with one attached hydrogen (secondary N) is 2. The average molecular weight is 355 g/mol. The molecule has 0 saturated heterocycles. The van der Waals surface area contributed by atoms with E-state index in [2.05, 4.69) is 15.6 Å². The Labute approximate surface area is 151 Å². The fourth-order valence-electron chi connectivity index (χ4n) is 2.85. The monoisotopic (exact) mass is 355 g/mol. The van der Waals surface area contributed by atoms with E-state index in [0.717, 1.165) is 5.82 Å². The van der Waals surface area contributed by atoms with Crippen LogP contribution >= 0.6 is 0 Å². The van der Waals surface area contributed by atoms with Gasteiger partial charge in [0.2, 0.25) is 17.7 Å². The Hall–Kier alpha value is -3.16. The third-order valence-electron chi connectivity index (χ3n) is 4.23. The lowest BCUT2D eigenvalue weighted by atomic mass is 10.1. The number of fused-ring (bicyclic) bond motifs is 1. The average Bonchev–Trinajstić information content (AvgIpc) is 3.04. The van der Waals surface area contributed by atoms with Gasteiger partial charge in [0.15, 0.2) is 0 Å². The van der Waals surface area contributed by atoms with Gasteiger partial charge in [0.25, 0.3) is 0 Å². The number of hydrogen-bond acceptors (Lipinski definition) is 4. The van der Waals surface area contributed by atoms with Gasteiger partial charge < -0.3 is 20.1 Å². The summed E-state index contributed by atoms with van der Waals surface area (Å²) in [7, 11) is 1.90. The van der Waals surface area contributed by atoms with E-state index in [4.69, 9.17) is 0 Å². The van der Waals surface area contributed by atoms with Gasteiger partial charge >= 0.3 is 0 Å². The maximum atomic E-state index is 12.5. The molecule has 0 aliphatic carbocycles. The van der Waals surface area contributed by atoms with Crippen molar-refractivity contribution in [1.29, 1.82) is 0 Å². The van der Waals surface area contributed by atoms with Crippen molar-refractivity contribution in [3.63, 3.8) is 0 Å². The molecule has 1 aromatic carbocycles. The van der Waals surface area contributed by atoms with Crippen LogP contribution in [0.1, 0.15) is 18.7 Å². The first-order valence-electron chi connectivity index (χ1n) is 8.47. The Kier molecular flexibility index (Phi) is 5.31. The van der Waals surface area contributed by atoms with Crippen molar-refractivity contribution >= 4 is 29.1 Å². The highest BCUT2D eigenvalue weighted by Crippen LogP contribution is 2.29. The normalized spacial score (nSPS) is 13.1. The zero-order valence-electron chi connectivity index (χ0n) is 14.6. The molecule has 0 saturated carbocycles. The number of aromatic nitrogens is 2. The second kappa shape index (κ2) is 7.81. The van der Waals surface area contributed by atoms with E-state index in [-0.39, 0.29) is 37.1 Å². The molecule has 0 bridgehead atoms. The van der Waals surface area contributed by atoms with Gasteiger partial charge in [-0.1, -0.05) is 12.1 Å². The first kappa shape index (κ1) is 17.7. The van der Waals surface area contributed by atoms with E-state index in [9.17, 15) is 14.4 Å². The summed E-state index contributed by atoms with van der Waals surface area (Å²) in [6.07, 6.45) is 4.32. The topological polar surface area (TPSA) is 96.3 Å². The second-order valence-corrected chi connectivity index (χ2v) is 6.10. The highest BCUT2D eigenvalue weighted by atomic mass is 16.2. The van der Waals surface area contributed by atoms with Crippen molar-refractivity contribution in [2.24, 2.45) is 7.05 Å². The van der Waals surface area contributed by atoms with Crippen molar-refractivity contribution < 1.29 is 14.4 Å². The molecule has 0 fully saturated rings. The quantitative estimate of drug-likeness (QED) is 0.803. The van der Waals surface area contributed by atoms with Crippen LogP contribution in [0.5, 0.6) is 0 Å². The van der Waals surface area contributed by atoms with Crippen molar-refractivity contribution in [2.45, 2.75) is 19.3 Å². The number of imidazole rings is 1. The van der Waals surface area contributed by atoms with Gasteiger partial charge in [-0.2, -0.15) is 0 Å². The Balaban J connectivity index is 1.48. The summed E-state index contributed by atoms with van der Waals surface area (Å²) in [6, 6.07) is 7.12. The maximum absolute atomic E-state index is 12.5. The van der Waals surface area contributed by atoms with E-state index in [1.54, 1.807) is 30.5 Å². The predicted octanol–water partition coefficient (Wildman–Crippen LogP) is 0.844. The SMILES string of the molecule is Cn1ccnc1CCNC(=O)CCC(=O)N1CC(=O)Nc2ccccc21. The Morgan fingerprint density at radius 1 is 1.27 bits per heavy atom. The lowest BCUT2D eigenvalue weighted by Crippen LogP contribution is -2.42. The van der Waals surface area contributed by atoms with Crippen LogP contribution in [-0.4, -0.2) is 40.4 Å². The molecule has 26 heavy (non-hydrogen) atoms.